The van der Waals surface area contributed by atoms with Crippen molar-refractivity contribution in [2.24, 2.45) is 11.7 Å². The molecule has 2 aromatic carbocycles. The predicted octanol–water partition coefficient (Wildman–Crippen LogP) is 5.06. The molecule has 0 radical (unpaired) electrons. The molecule has 3 aliphatic rings. The zero-order chi connectivity index (χ0) is 26.5. The summed E-state index contributed by atoms with van der Waals surface area (Å²) in [6.45, 7) is 3.89. The van der Waals surface area contributed by atoms with Crippen molar-refractivity contribution in [2.75, 3.05) is 32.8 Å². The topological polar surface area (TPSA) is 79.0 Å². The summed E-state index contributed by atoms with van der Waals surface area (Å²) in [4.78, 5) is 15.8. The van der Waals surface area contributed by atoms with Crippen LogP contribution in [-0.4, -0.2) is 65.3 Å². The van der Waals surface area contributed by atoms with Gasteiger partial charge in [-0.25, -0.2) is 4.39 Å². The molecule has 0 bridgehead atoms. The van der Waals surface area contributed by atoms with Gasteiger partial charge in [0.25, 0.3) is 0 Å². The van der Waals surface area contributed by atoms with E-state index in [0.717, 1.165) is 80.5 Å². The normalized spacial score (nSPS) is 23.8. The zero-order valence-corrected chi connectivity index (χ0v) is 22.4. The molecule has 2 heterocycles. The Morgan fingerprint density at radius 1 is 0.947 bits per heavy atom. The second-order valence-corrected chi connectivity index (χ2v) is 11.6. The summed E-state index contributed by atoms with van der Waals surface area (Å²) < 4.78 is 21.2. The Hall–Kier alpha value is -2.48. The number of ether oxygens (including phenoxy) is 1. The van der Waals surface area contributed by atoms with Gasteiger partial charge < -0.3 is 20.5 Å². The number of carbonyl (C=O) groups excluding carboxylic acids is 1. The van der Waals surface area contributed by atoms with Crippen molar-refractivity contribution in [3.05, 3.63) is 54.1 Å². The van der Waals surface area contributed by atoms with Crippen LogP contribution in [0, 0.1) is 5.92 Å². The summed E-state index contributed by atoms with van der Waals surface area (Å²) in [7, 11) is 0. The number of rotatable bonds is 9. The fourth-order valence-corrected chi connectivity index (χ4v) is 6.44. The monoisotopic (exact) mass is 523 g/mol. The van der Waals surface area contributed by atoms with Gasteiger partial charge in [-0.15, -0.1) is 0 Å². The number of nitrogens with two attached hydrogens (primary N) is 1. The van der Waals surface area contributed by atoms with E-state index in [-0.39, 0.29) is 5.91 Å². The first-order valence-corrected chi connectivity index (χ1v) is 14.4. The Morgan fingerprint density at radius 2 is 1.58 bits per heavy atom. The Bertz CT molecular complexity index is 1050. The maximum Gasteiger partial charge on any atom is 0.234 e. The molecule has 3 N–H and O–H groups in total. The maximum absolute atomic E-state index is 15.0. The van der Waals surface area contributed by atoms with E-state index in [4.69, 9.17) is 10.5 Å². The summed E-state index contributed by atoms with van der Waals surface area (Å²) in [5.74, 6) is 0.992. The number of piperidine rings is 1. The number of amides is 1. The molecule has 1 aliphatic carbocycles. The molecule has 206 valence electrons. The van der Waals surface area contributed by atoms with Gasteiger partial charge in [0, 0.05) is 13.1 Å². The third kappa shape index (κ3) is 6.56. The molecule has 0 aromatic heterocycles. The first kappa shape index (κ1) is 27.1. The van der Waals surface area contributed by atoms with Crippen molar-refractivity contribution < 1.29 is 19.0 Å². The summed E-state index contributed by atoms with van der Waals surface area (Å²) in [6, 6.07) is 15.5. The average Bonchev–Trinajstić information content (AvgIpc) is 3.44. The van der Waals surface area contributed by atoms with E-state index in [1.807, 2.05) is 36.4 Å². The van der Waals surface area contributed by atoms with Gasteiger partial charge in [0.05, 0.1) is 12.6 Å². The molecular weight excluding hydrogens is 481 g/mol. The van der Waals surface area contributed by atoms with Crippen molar-refractivity contribution >= 4 is 5.91 Å². The molecule has 2 aromatic rings. The van der Waals surface area contributed by atoms with Crippen molar-refractivity contribution in [2.45, 2.75) is 75.7 Å². The van der Waals surface area contributed by atoms with E-state index < -0.39 is 17.9 Å². The third-order valence-electron chi connectivity index (χ3n) is 8.78. The van der Waals surface area contributed by atoms with E-state index in [1.165, 1.54) is 6.42 Å². The lowest BCUT2D eigenvalue weighted by Crippen LogP contribution is -2.45. The molecule has 2 saturated heterocycles. The highest BCUT2D eigenvalue weighted by Gasteiger charge is 2.35. The van der Waals surface area contributed by atoms with E-state index in [9.17, 15) is 9.90 Å². The van der Waals surface area contributed by atoms with Crippen LogP contribution >= 0.6 is 0 Å². The van der Waals surface area contributed by atoms with Gasteiger partial charge in [-0.2, -0.15) is 0 Å². The number of aliphatic hydroxyl groups is 1. The number of aliphatic hydroxyl groups excluding tert-OH is 1. The van der Waals surface area contributed by atoms with Crippen LogP contribution in [0.25, 0.3) is 11.1 Å². The van der Waals surface area contributed by atoms with Crippen LogP contribution in [0.15, 0.2) is 48.5 Å². The first-order chi connectivity index (χ1) is 18.4. The van der Waals surface area contributed by atoms with Crippen LogP contribution < -0.4 is 10.5 Å². The lowest BCUT2D eigenvalue weighted by molar-refractivity contribution is -0.126. The first-order valence-electron chi connectivity index (χ1n) is 14.4. The summed E-state index contributed by atoms with van der Waals surface area (Å²) in [6.07, 6.45) is 7.54. The molecule has 3 fully saturated rings. The number of likely N-dealkylation sites (tertiary alicyclic amines) is 2. The largest absolute Gasteiger partial charge is 0.493 e. The van der Waals surface area contributed by atoms with Crippen LogP contribution in [0.3, 0.4) is 0 Å². The van der Waals surface area contributed by atoms with Crippen molar-refractivity contribution in [1.29, 1.82) is 0 Å². The molecule has 1 saturated carbocycles. The molecule has 6 nitrogen and oxygen atoms in total. The minimum absolute atomic E-state index is 0.379. The predicted molar refractivity (Wildman–Crippen MR) is 147 cm³/mol. The number of benzene rings is 2. The highest BCUT2D eigenvalue weighted by Crippen LogP contribution is 2.34. The summed E-state index contributed by atoms with van der Waals surface area (Å²) >= 11 is 0. The number of halogens is 1. The highest BCUT2D eigenvalue weighted by atomic mass is 19.1. The second-order valence-electron chi connectivity index (χ2n) is 11.6. The smallest absolute Gasteiger partial charge is 0.234 e. The molecule has 7 heteroatoms. The SMILES string of the molecule is NC(=O)[C@@H]1CCCN1C(O)c1ccc(-c2ccc(OCC3CCN(CC4(F)CCCCC4)CC3)cc2)cc1. The molecule has 38 heavy (non-hydrogen) atoms. The van der Waals surface area contributed by atoms with E-state index >= 15 is 4.39 Å². The lowest BCUT2D eigenvalue weighted by atomic mass is 9.85. The fourth-order valence-electron chi connectivity index (χ4n) is 6.44. The Labute approximate surface area is 225 Å². The maximum atomic E-state index is 15.0. The van der Waals surface area contributed by atoms with Crippen LogP contribution in [0.1, 0.15) is 69.6 Å². The molecule has 1 unspecified atom stereocenters. The molecule has 0 spiro atoms. The standard InChI is InChI=1S/C31H42FN3O3/c32-31(16-2-1-3-17-31)22-34-19-14-23(15-20-34)21-38-27-12-10-25(11-13-27)24-6-8-26(9-7-24)30(37)35-18-4-5-28(35)29(33)36/h6-13,23,28,30,37H,1-5,14-22H2,(H2,33,36)/t28-,30?/m0/s1. The van der Waals surface area contributed by atoms with Gasteiger partial charge in [0.1, 0.15) is 17.6 Å². The summed E-state index contributed by atoms with van der Waals surface area (Å²) in [5, 5.41) is 10.8. The molecule has 2 atom stereocenters. The van der Waals surface area contributed by atoms with Gasteiger partial charge in [0.15, 0.2) is 0 Å². The third-order valence-corrected chi connectivity index (χ3v) is 8.78. The average molecular weight is 524 g/mol. The van der Waals surface area contributed by atoms with Gasteiger partial charge in [0.2, 0.25) is 5.91 Å². The highest BCUT2D eigenvalue weighted by molar-refractivity contribution is 5.80. The van der Waals surface area contributed by atoms with Crippen LogP contribution in [0.2, 0.25) is 0 Å². The quantitative estimate of drug-likeness (QED) is 0.481. The van der Waals surface area contributed by atoms with Crippen LogP contribution in [0.4, 0.5) is 4.39 Å². The number of hydrogen-bond acceptors (Lipinski definition) is 5. The van der Waals surface area contributed by atoms with Crippen molar-refractivity contribution in [3.8, 4) is 16.9 Å². The fraction of sp³-hybridized carbons (Fsp3) is 0.581. The summed E-state index contributed by atoms with van der Waals surface area (Å²) in [5.41, 5.74) is 7.42. The minimum atomic E-state index is -0.967. The number of nitrogens with zero attached hydrogens (tertiary/aromatic N) is 2. The molecule has 1 amide bonds. The zero-order valence-electron chi connectivity index (χ0n) is 22.4. The van der Waals surface area contributed by atoms with E-state index in [0.29, 0.717) is 32.0 Å². The lowest BCUT2D eigenvalue weighted by Gasteiger charge is -2.38. The van der Waals surface area contributed by atoms with Crippen LogP contribution in [-0.2, 0) is 4.79 Å². The number of primary amides is 1. The Kier molecular flexibility index (Phi) is 8.66. The molecule has 2 aliphatic heterocycles. The number of carbonyl (C=O) groups is 1. The van der Waals surface area contributed by atoms with Crippen molar-refractivity contribution in [1.82, 2.24) is 9.80 Å². The molecule has 5 rings (SSSR count). The minimum Gasteiger partial charge on any atom is -0.493 e. The van der Waals surface area contributed by atoms with Crippen molar-refractivity contribution in [3.63, 3.8) is 0 Å². The molecular formula is C31H42FN3O3. The van der Waals surface area contributed by atoms with Gasteiger partial charge in [-0.3, -0.25) is 9.69 Å². The van der Waals surface area contributed by atoms with Gasteiger partial charge in [-0.1, -0.05) is 55.7 Å². The number of alkyl halides is 1. The van der Waals surface area contributed by atoms with Gasteiger partial charge in [-0.05, 0) is 86.4 Å². The van der Waals surface area contributed by atoms with Gasteiger partial charge >= 0.3 is 0 Å². The van der Waals surface area contributed by atoms with E-state index in [2.05, 4.69) is 17.0 Å². The van der Waals surface area contributed by atoms with E-state index in [1.54, 1.807) is 4.90 Å². The van der Waals surface area contributed by atoms with Crippen LogP contribution in [0.5, 0.6) is 5.75 Å². The number of hydrogen-bond donors (Lipinski definition) is 2. The Balaban J connectivity index is 1.08. The second kappa shape index (κ2) is 12.1. The Morgan fingerprint density at radius 3 is 2.21 bits per heavy atom.